The lowest BCUT2D eigenvalue weighted by molar-refractivity contribution is 0.128. The lowest BCUT2D eigenvalue weighted by Gasteiger charge is -2.35. The molecule has 0 bridgehead atoms. The standard InChI is InChI=1S/C13H22N2O/c1-11(13-4-3-9-16-13)15-7-5-12(6-8-15)10-14-2/h3-4,9,11-12,14H,5-8,10H2,1-2H3. The van der Waals surface area contributed by atoms with Gasteiger partial charge in [0.1, 0.15) is 5.76 Å². The highest BCUT2D eigenvalue weighted by molar-refractivity contribution is 5.03. The van der Waals surface area contributed by atoms with Crippen molar-refractivity contribution < 1.29 is 4.42 Å². The van der Waals surface area contributed by atoms with Gasteiger partial charge in [0.2, 0.25) is 0 Å². The van der Waals surface area contributed by atoms with Crippen molar-refractivity contribution in [1.29, 1.82) is 0 Å². The number of furan rings is 1. The van der Waals surface area contributed by atoms with Gasteiger partial charge in [0.05, 0.1) is 12.3 Å². The molecule has 1 N–H and O–H groups in total. The molecular formula is C13H22N2O. The quantitative estimate of drug-likeness (QED) is 0.847. The minimum atomic E-state index is 0.422. The molecule has 1 aromatic heterocycles. The van der Waals surface area contributed by atoms with Gasteiger partial charge in [0.15, 0.2) is 0 Å². The van der Waals surface area contributed by atoms with E-state index in [9.17, 15) is 0 Å². The maximum atomic E-state index is 5.47. The van der Waals surface area contributed by atoms with Crippen LogP contribution in [-0.2, 0) is 0 Å². The predicted octanol–water partition coefficient (Wildman–Crippen LogP) is 2.27. The van der Waals surface area contributed by atoms with Crippen molar-refractivity contribution >= 4 is 0 Å². The fourth-order valence-electron chi connectivity index (χ4n) is 2.54. The second-order valence-electron chi connectivity index (χ2n) is 4.73. The second kappa shape index (κ2) is 5.51. The van der Waals surface area contributed by atoms with Gasteiger partial charge in [-0.1, -0.05) is 0 Å². The SMILES string of the molecule is CNCC1CCN(C(C)c2ccco2)CC1. The van der Waals surface area contributed by atoms with Gasteiger partial charge in [0.25, 0.3) is 0 Å². The zero-order chi connectivity index (χ0) is 11.4. The van der Waals surface area contributed by atoms with Crippen molar-refractivity contribution in [3.05, 3.63) is 24.2 Å². The Morgan fingerprint density at radius 2 is 2.25 bits per heavy atom. The van der Waals surface area contributed by atoms with Crippen LogP contribution in [-0.4, -0.2) is 31.6 Å². The van der Waals surface area contributed by atoms with Crippen LogP contribution < -0.4 is 5.32 Å². The third-order valence-electron chi connectivity index (χ3n) is 3.64. The van der Waals surface area contributed by atoms with Crippen LogP contribution in [0.3, 0.4) is 0 Å². The summed E-state index contributed by atoms with van der Waals surface area (Å²) in [5.74, 6) is 1.94. The Morgan fingerprint density at radius 3 is 2.81 bits per heavy atom. The van der Waals surface area contributed by atoms with E-state index in [1.54, 1.807) is 6.26 Å². The fourth-order valence-corrected chi connectivity index (χ4v) is 2.54. The van der Waals surface area contributed by atoms with Crippen molar-refractivity contribution in [2.75, 3.05) is 26.7 Å². The van der Waals surface area contributed by atoms with E-state index in [1.165, 1.54) is 25.9 Å². The highest BCUT2D eigenvalue weighted by atomic mass is 16.3. The normalized spacial score (nSPS) is 21.1. The minimum Gasteiger partial charge on any atom is -0.468 e. The summed E-state index contributed by atoms with van der Waals surface area (Å²) in [6.45, 7) is 5.77. The van der Waals surface area contributed by atoms with Crippen LogP contribution in [0.5, 0.6) is 0 Å². The first-order valence-corrected chi connectivity index (χ1v) is 6.23. The van der Waals surface area contributed by atoms with E-state index in [2.05, 4.69) is 23.2 Å². The maximum Gasteiger partial charge on any atom is 0.120 e. The number of likely N-dealkylation sites (tertiary alicyclic amines) is 1. The molecule has 1 aromatic rings. The van der Waals surface area contributed by atoms with E-state index in [-0.39, 0.29) is 0 Å². The molecule has 1 aliphatic heterocycles. The predicted molar refractivity (Wildman–Crippen MR) is 65.3 cm³/mol. The van der Waals surface area contributed by atoms with Gasteiger partial charge in [-0.25, -0.2) is 0 Å². The summed E-state index contributed by atoms with van der Waals surface area (Å²) in [6, 6.07) is 4.47. The van der Waals surface area contributed by atoms with E-state index in [1.807, 2.05) is 13.1 Å². The number of nitrogens with zero attached hydrogens (tertiary/aromatic N) is 1. The molecule has 16 heavy (non-hydrogen) atoms. The topological polar surface area (TPSA) is 28.4 Å². The summed E-state index contributed by atoms with van der Waals surface area (Å²) < 4.78 is 5.47. The van der Waals surface area contributed by atoms with Crippen LogP contribution in [0.15, 0.2) is 22.8 Å². The highest BCUT2D eigenvalue weighted by Crippen LogP contribution is 2.26. The summed E-state index contributed by atoms with van der Waals surface area (Å²) in [5, 5.41) is 3.27. The highest BCUT2D eigenvalue weighted by Gasteiger charge is 2.24. The molecular weight excluding hydrogens is 200 g/mol. The largest absolute Gasteiger partial charge is 0.468 e. The summed E-state index contributed by atoms with van der Waals surface area (Å²) in [4.78, 5) is 2.52. The van der Waals surface area contributed by atoms with E-state index in [0.717, 1.165) is 18.2 Å². The number of nitrogens with one attached hydrogen (secondary N) is 1. The molecule has 1 unspecified atom stereocenters. The van der Waals surface area contributed by atoms with Gasteiger partial charge in [-0.05, 0) is 64.5 Å². The van der Waals surface area contributed by atoms with Crippen molar-refractivity contribution in [2.45, 2.75) is 25.8 Å². The zero-order valence-corrected chi connectivity index (χ0v) is 10.3. The Balaban J connectivity index is 1.84. The van der Waals surface area contributed by atoms with Crippen LogP contribution in [0.25, 0.3) is 0 Å². The summed E-state index contributed by atoms with van der Waals surface area (Å²) in [7, 11) is 2.04. The van der Waals surface area contributed by atoms with Gasteiger partial charge in [-0.2, -0.15) is 0 Å². The molecule has 3 heteroatoms. The number of rotatable bonds is 4. The Kier molecular flexibility index (Phi) is 4.02. The molecule has 3 nitrogen and oxygen atoms in total. The first kappa shape index (κ1) is 11.7. The van der Waals surface area contributed by atoms with Crippen LogP contribution in [0.2, 0.25) is 0 Å². The van der Waals surface area contributed by atoms with E-state index >= 15 is 0 Å². The summed E-state index contributed by atoms with van der Waals surface area (Å²) in [6.07, 6.45) is 4.36. The van der Waals surface area contributed by atoms with Crippen LogP contribution >= 0.6 is 0 Å². The van der Waals surface area contributed by atoms with E-state index < -0.39 is 0 Å². The van der Waals surface area contributed by atoms with Crippen molar-refractivity contribution in [1.82, 2.24) is 10.2 Å². The Labute approximate surface area is 97.8 Å². The smallest absolute Gasteiger partial charge is 0.120 e. The Bertz CT molecular complexity index is 289. The average molecular weight is 222 g/mol. The second-order valence-corrected chi connectivity index (χ2v) is 4.73. The monoisotopic (exact) mass is 222 g/mol. The molecule has 0 saturated carbocycles. The van der Waals surface area contributed by atoms with Gasteiger partial charge >= 0.3 is 0 Å². The third-order valence-corrected chi connectivity index (χ3v) is 3.64. The molecule has 0 aromatic carbocycles. The summed E-state index contributed by atoms with van der Waals surface area (Å²) >= 11 is 0. The van der Waals surface area contributed by atoms with Gasteiger partial charge in [-0.15, -0.1) is 0 Å². The lowest BCUT2D eigenvalue weighted by Crippen LogP contribution is -2.38. The fraction of sp³-hybridized carbons (Fsp3) is 0.692. The van der Waals surface area contributed by atoms with Gasteiger partial charge in [-0.3, -0.25) is 4.90 Å². The van der Waals surface area contributed by atoms with Crippen molar-refractivity contribution in [3.63, 3.8) is 0 Å². The molecule has 1 aliphatic rings. The number of piperidine rings is 1. The third kappa shape index (κ3) is 2.66. The van der Waals surface area contributed by atoms with Crippen LogP contribution in [0.4, 0.5) is 0 Å². The first-order chi connectivity index (χ1) is 7.81. The molecule has 2 rings (SSSR count). The number of hydrogen-bond donors (Lipinski definition) is 1. The Morgan fingerprint density at radius 1 is 1.50 bits per heavy atom. The average Bonchev–Trinajstić information content (AvgIpc) is 2.83. The molecule has 1 saturated heterocycles. The lowest BCUT2D eigenvalue weighted by atomic mass is 9.95. The molecule has 0 aliphatic carbocycles. The van der Waals surface area contributed by atoms with E-state index in [0.29, 0.717) is 6.04 Å². The minimum absolute atomic E-state index is 0.422. The maximum absolute atomic E-state index is 5.47. The molecule has 90 valence electrons. The molecule has 1 fully saturated rings. The summed E-state index contributed by atoms with van der Waals surface area (Å²) in [5.41, 5.74) is 0. The number of hydrogen-bond acceptors (Lipinski definition) is 3. The van der Waals surface area contributed by atoms with Crippen LogP contribution in [0, 0.1) is 5.92 Å². The molecule has 1 atom stereocenters. The van der Waals surface area contributed by atoms with E-state index in [4.69, 9.17) is 4.42 Å². The Hall–Kier alpha value is -0.800. The van der Waals surface area contributed by atoms with Crippen LogP contribution in [0.1, 0.15) is 31.6 Å². The molecule has 0 radical (unpaired) electrons. The van der Waals surface area contributed by atoms with Crippen molar-refractivity contribution in [3.8, 4) is 0 Å². The molecule has 2 heterocycles. The zero-order valence-electron chi connectivity index (χ0n) is 10.3. The van der Waals surface area contributed by atoms with Gasteiger partial charge in [0, 0.05) is 0 Å². The molecule has 0 spiro atoms. The molecule has 0 amide bonds. The van der Waals surface area contributed by atoms with Gasteiger partial charge < -0.3 is 9.73 Å². The van der Waals surface area contributed by atoms with Crippen molar-refractivity contribution in [2.24, 2.45) is 5.92 Å². The first-order valence-electron chi connectivity index (χ1n) is 6.23.